The summed E-state index contributed by atoms with van der Waals surface area (Å²) in [4.78, 5) is 9.31. The molecule has 0 saturated carbocycles. The minimum Gasteiger partial charge on any atom is -0.370 e. The Morgan fingerprint density at radius 2 is 2.11 bits per heavy atom. The predicted molar refractivity (Wildman–Crippen MR) is 78.3 cm³/mol. The molecule has 0 aliphatic heterocycles. The molecular formula is C14H19N3S. The summed E-state index contributed by atoms with van der Waals surface area (Å²) in [5, 5.41) is 7.49. The Hall–Kier alpha value is -1.42. The van der Waals surface area contributed by atoms with Gasteiger partial charge in [-0.05, 0) is 31.2 Å². The van der Waals surface area contributed by atoms with E-state index >= 15 is 0 Å². The molecule has 0 atom stereocenters. The van der Waals surface area contributed by atoms with Crippen LogP contribution in [0, 0.1) is 6.92 Å². The van der Waals surface area contributed by atoms with Gasteiger partial charge in [-0.25, -0.2) is 9.97 Å². The third-order valence-corrected chi connectivity index (χ3v) is 3.52. The fourth-order valence-corrected chi connectivity index (χ4v) is 2.73. The van der Waals surface area contributed by atoms with Gasteiger partial charge in [0, 0.05) is 28.7 Å². The van der Waals surface area contributed by atoms with Gasteiger partial charge in [-0.15, -0.1) is 0 Å². The normalized spacial score (nSPS) is 10.9. The van der Waals surface area contributed by atoms with Gasteiger partial charge in [-0.2, -0.15) is 11.3 Å². The van der Waals surface area contributed by atoms with Gasteiger partial charge in [0.15, 0.2) is 5.82 Å². The molecule has 2 heterocycles. The molecule has 0 aliphatic carbocycles. The smallest absolute Gasteiger partial charge is 0.162 e. The molecule has 4 heteroatoms. The lowest BCUT2D eigenvalue weighted by atomic mass is 10.0. The van der Waals surface area contributed by atoms with Gasteiger partial charge in [-0.1, -0.05) is 13.8 Å². The van der Waals surface area contributed by atoms with Crippen molar-refractivity contribution in [1.29, 1.82) is 0 Å². The van der Waals surface area contributed by atoms with Crippen LogP contribution in [0.25, 0.3) is 11.4 Å². The van der Waals surface area contributed by atoms with Crippen LogP contribution < -0.4 is 5.32 Å². The standard InChI is InChI=1S/C14H19N3S/c1-5-15-14-12(9(2)3)10(4)16-13(17-14)11-6-7-18-8-11/h6-9H,5H2,1-4H3,(H,15,16,17). The third kappa shape index (κ3) is 2.53. The second-order valence-electron chi connectivity index (χ2n) is 4.59. The average molecular weight is 261 g/mol. The van der Waals surface area contributed by atoms with E-state index in [9.17, 15) is 0 Å². The number of thiophene rings is 1. The average Bonchev–Trinajstić information content (AvgIpc) is 2.81. The molecule has 0 radical (unpaired) electrons. The largest absolute Gasteiger partial charge is 0.370 e. The lowest BCUT2D eigenvalue weighted by Crippen LogP contribution is -2.09. The number of aromatic nitrogens is 2. The zero-order chi connectivity index (χ0) is 13.1. The quantitative estimate of drug-likeness (QED) is 0.901. The molecular weight excluding hydrogens is 242 g/mol. The molecule has 0 spiro atoms. The van der Waals surface area contributed by atoms with Gasteiger partial charge in [0.05, 0.1) is 0 Å². The summed E-state index contributed by atoms with van der Waals surface area (Å²) in [5.74, 6) is 2.21. The van der Waals surface area contributed by atoms with Crippen molar-refractivity contribution in [3.8, 4) is 11.4 Å². The van der Waals surface area contributed by atoms with Crippen molar-refractivity contribution in [2.75, 3.05) is 11.9 Å². The third-order valence-electron chi connectivity index (χ3n) is 2.84. The molecule has 2 aromatic heterocycles. The number of hydrogen-bond acceptors (Lipinski definition) is 4. The second kappa shape index (κ2) is 5.48. The Morgan fingerprint density at radius 3 is 2.67 bits per heavy atom. The summed E-state index contributed by atoms with van der Waals surface area (Å²) in [6.45, 7) is 9.38. The number of aryl methyl sites for hydroxylation is 1. The Labute approximate surface area is 112 Å². The van der Waals surface area contributed by atoms with Crippen molar-refractivity contribution in [2.45, 2.75) is 33.6 Å². The van der Waals surface area contributed by atoms with Crippen molar-refractivity contribution in [2.24, 2.45) is 0 Å². The summed E-state index contributed by atoms with van der Waals surface area (Å²) in [7, 11) is 0. The summed E-state index contributed by atoms with van der Waals surface area (Å²) < 4.78 is 0. The zero-order valence-corrected chi connectivity index (χ0v) is 12.1. The highest BCUT2D eigenvalue weighted by Gasteiger charge is 2.15. The Balaban J connectivity index is 2.53. The molecule has 0 fully saturated rings. The maximum absolute atomic E-state index is 4.67. The number of nitrogens with one attached hydrogen (secondary N) is 1. The molecule has 3 nitrogen and oxygen atoms in total. The van der Waals surface area contributed by atoms with Crippen LogP contribution >= 0.6 is 11.3 Å². The van der Waals surface area contributed by atoms with Crippen LogP contribution in [0.3, 0.4) is 0 Å². The Kier molecular flexibility index (Phi) is 3.97. The highest BCUT2D eigenvalue weighted by atomic mass is 32.1. The summed E-state index contributed by atoms with van der Waals surface area (Å²) in [5.41, 5.74) is 3.38. The van der Waals surface area contributed by atoms with E-state index in [0.29, 0.717) is 5.92 Å². The fourth-order valence-electron chi connectivity index (χ4n) is 2.10. The van der Waals surface area contributed by atoms with Crippen LogP contribution in [0.15, 0.2) is 16.8 Å². The van der Waals surface area contributed by atoms with E-state index in [0.717, 1.165) is 29.4 Å². The second-order valence-corrected chi connectivity index (χ2v) is 5.37. The highest BCUT2D eigenvalue weighted by Crippen LogP contribution is 2.28. The van der Waals surface area contributed by atoms with Crippen molar-refractivity contribution in [3.05, 3.63) is 28.1 Å². The fraction of sp³-hybridized carbons (Fsp3) is 0.429. The highest BCUT2D eigenvalue weighted by molar-refractivity contribution is 7.08. The first-order valence-electron chi connectivity index (χ1n) is 6.28. The predicted octanol–water partition coefficient (Wildman–Crippen LogP) is 4.07. The number of rotatable bonds is 4. The van der Waals surface area contributed by atoms with Crippen LogP contribution in [-0.4, -0.2) is 16.5 Å². The van der Waals surface area contributed by atoms with Gasteiger partial charge >= 0.3 is 0 Å². The van der Waals surface area contributed by atoms with Gasteiger partial charge in [0.25, 0.3) is 0 Å². The Bertz CT molecular complexity index is 518. The van der Waals surface area contributed by atoms with Crippen LogP contribution in [-0.2, 0) is 0 Å². The molecule has 96 valence electrons. The van der Waals surface area contributed by atoms with Crippen molar-refractivity contribution < 1.29 is 0 Å². The molecule has 1 N–H and O–H groups in total. The molecule has 2 aromatic rings. The maximum Gasteiger partial charge on any atom is 0.162 e. The van der Waals surface area contributed by atoms with Crippen molar-refractivity contribution >= 4 is 17.2 Å². The minimum absolute atomic E-state index is 0.426. The molecule has 18 heavy (non-hydrogen) atoms. The molecule has 0 bridgehead atoms. The van der Waals surface area contributed by atoms with Crippen LogP contribution in [0.4, 0.5) is 5.82 Å². The van der Waals surface area contributed by atoms with Gasteiger partial charge in [-0.3, -0.25) is 0 Å². The van der Waals surface area contributed by atoms with E-state index in [1.165, 1.54) is 5.56 Å². The van der Waals surface area contributed by atoms with E-state index in [1.807, 2.05) is 0 Å². The van der Waals surface area contributed by atoms with E-state index in [-0.39, 0.29) is 0 Å². The van der Waals surface area contributed by atoms with Crippen LogP contribution in [0.5, 0.6) is 0 Å². The van der Waals surface area contributed by atoms with Gasteiger partial charge in [0.2, 0.25) is 0 Å². The topological polar surface area (TPSA) is 37.8 Å². The summed E-state index contributed by atoms with van der Waals surface area (Å²) >= 11 is 1.67. The molecule has 0 saturated heterocycles. The number of hydrogen-bond donors (Lipinski definition) is 1. The molecule has 0 aliphatic rings. The molecule has 0 unspecified atom stereocenters. The number of nitrogens with zero attached hydrogens (tertiary/aromatic N) is 2. The lowest BCUT2D eigenvalue weighted by molar-refractivity contribution is 0.831. The minimum atomic E-state index is 0.426. The SMILES string of the molecule is CCNc1nc(-c2ccsc2)nc(C)c1C(C)C. The van der Waals surface area contributed by atoms with E-state index < -0.39 is 0 Å². The first-order valence-corrected chi connectivity index (χ1v) is 7.22. The number of anilines is 1. The lowest BCUT2D eigenvalue weighted by Gasteiger charge is -2.16. The van der Waals surface area contributed by atoms with Gasteiger partial charge in [0.1, 0.15) is 5.82 Å². The van der Waals surface area contributed by atoms with Crippen molar-refractivity contribution in [3.63, 3.8) is 0 Å². The van der Waals surface area contributed by atoms with Gasteiger partial charge < -0.3 is 5.32 Å². The first kappa shape index (κ1) is 13.0. The molecule has 0 amide bonds. The van der Waals surface area contributed by atoms with Crippen LogP contribution in [0.1, 0.15) is 37.9 Å². The summed E-state index contributed by atoms with van der Waals surface area (Å²) in [6.07, 6.45) is 0. The van der Waals surface area contributed by atoms with E-state index in [4.69, 9.17) is 0 Å². The first-order chi connectivity index (χ1) is 8.63. The van der Waals surface area contributed by atoms with Crippen molar-refractivity contribution in [1.82, 2.24) is 9.97 Å². The van der Waals surface area contributed by atoms with Crippen LogP contribution in [0.2, 0.25) is 0 Å². The maximum atomic E-state index is 4.67. The zero-order valence-electron chi connectivity index (χ0n) is 11.3. The summed E-state index contributed by atoms with van der Waals surface area (Å²) in [6, 6.07) is 2.06. The van der Waals surface area contributed by atoms with E-state index in [2.05, 4.69) is 59.8 Å². The van der Waals surface area contributed by atoms with E-state index in [1.54, 1.807) is 11.3 Å². The Morgan fingerprint density at radius 1 is 1.33 bits per heavy atom. The molecule has 2 rings (SSSR count). The molecule has 0 aromatic carbocycles. The monoisotopic (exact) mass is 261 g/mol.